The average molecular weight is 321 g/mol. The third-order valence-corrected chi connectivity index (χ3v) is 4.36. The van der Waals surface area contributed by atoms with Gasteiger partial charge in [0.25, 0.3) is 0 Å². The molecule has 0 radical (unpaired) electrons. The predicted octanol–water partition coefficient (Wildman–Crippen LogP) is 3.64. The second-order valence-corrected chi connectivity index (χ2v) is 6.66. The van der Waals surface area contributed by atoms with Gasteiger partial charge in [0, 0.05) is 19.8 Å². The van der Waals surface area contributed by atoms with Crippen LogP contribution >= 0.6 is 0 Å². The van der Waals surface area contributed by atoms with E-state index in [-0.39, 0.29) is 0 Å². The molecule has 1 N–H and O–H groups in total. The largest absolute Gasteiger partial charge is 0.388 e. The SMILES string of the molecule is CC1CCC2OC2C1.CNc1ccc(C)cc1.COCC1CO1. The van der Waals surface area contributed by atoms with Crippen LogP contribution in [0.4, 0.5) is 5.69 Å². The van der Waals surface area contributed by atoms with E-state index < -0.39 is 0 Å². The highest BCUT2D eigenvalue weighted by atomic mass is 16.6. The average Bonchev–Trinajstić information content (AvgIpc) is 3.45. The number of hydrogen-bond donors (Lipinski definition) is 1. The molecule has 23 heavy (non-hydrogen) atoms. The Bertz CT molecular complexity index is 444. The molecule has 1 aromatic rings. The predicted molar refractivity (Wildman–Crippen MR) is 94.0 cm³/mol. The molecule has 4 atom stereocenters. The number of benzene rings is 1. The lowest BCUT2D eigenvalue weighted by molar-refractivity contribution is 0.171. The molecule has 1 saturated carbocycles. The molecule has 1 aromatic carbocycles. The Balaban J connectivity index is 0.000000128. The van der Waals surface area contributed by atoms with Crippen molar-refractivity contribution >= 4 is 5.69 Å². The number of ether oxygens (including phenoxy) is 3. The Hall–Kier alpha value is -1.10. The van der Waals surface area contributed by atoms with Crippen LogP contribution in [-0.4, -0.2) is 45.7 Å². The first-order valence-electron chi connectivity index (χ1n) is 8.62. The van der Waals surface area contributed by atoms with Crippen LogP contribution in [0.25, 0.3) is 0 Å². The van der Waals surface area contributed by atoms with Gasteiger partial charge in [0.1, 0.15) is 6.10 Å². The van der Waals surface area contributed by atoms with Crippen molar-refractivity contribution in [1.29, 1.82) is 0 Å². The maximum Gasteiger partial charge on any atom is 0.104 e. The second-order valence-electron chi connectivity index (χ2n) is 6.66. The van der Waals surface area contributed by atoms with Gasteiger partial charge in [-0.1, -0.05) is 24.6 Å². The number of methoxy groups -OCH3 is 1. The minimum absolute atomic E-state index is 0.426. The molecule has 2 saturated heterocycles. The molecule has 0 bridgehead atoms. The Labute approximate surface area is 140 Å². The molecule has 3 fully saturated rings. The number of fused-ring (bicyclic) bond motifs is 1. The van der Waals surface area contributed by atoms with Gasteiger partial charge < -0.3 is 19.5 Å². The van der Waals surface area contributed by atoms with Crippen molar-refractivity contribution in [1.82, 2.24) is 0 Å². The van der Waals surface area contributed by atoms with E-state index in [9.17, 15) is 0 Å². The van der Waals surface area contributed by atoms with Crippen molar-refractivity contribution in [2.24, 2.45) is 5.92 Å². The summed E-state index contributed by atoms with van der Waals surface area (Å²) in [6, 6.07) is 8.31. The molecule has 2 heterocycles. The number of epoxide rings is 2. The maximum absolute atomic E-state index is 5.35. The Morgan fingerprint density at radius 3 is 2.30 bits per heavy atom. The molecule has 3 aliphatic rings. The molecule has 0 amide bonds. The van der Waals surface area contributed by atoms with Crippen LogP contribution < -0.4 is 5.32 Å². The summed E-state index contributed by atoms with van der Waals surface area (Å²) in [5.74, 6) is 0.929. The fraction of sp³-hybridized carbons (Fsp3) is 0.684. The number of aryl methyl sites for hydroxylation is 1. The van der Waals surface area contributed by atoms with Crippen LogP contribution in [0.1, 0.15) is 31.7 Å². The van der Waals surface area contributed by atoms with Gasteiger partial charge in [-0.15, -0.1) is 0 Å². The van der Waals surface area contributed by atoms with E-state index in [4.69, 9.17) is 14.2 Å². The van der Waals surface area contributed by atoms with E-state index in [0.717, 1.165) is 19.1 Å². The number of rotatable bonds is 3. The summed E-state index contributed by atoms with van der Waals surface area (Å²) in [6.45, 7) is 6.06. The topological polar surface area (TPSA) is 46.3 Å². The third-order valence-electron chi connectivity index (χ3n) is 4.36. The second kappa shape index (κ2) is 9.26. The molecule has 4 heteroatoms. The summed E-state index contributed by atoms with van der Waals surface area (Å²) in [5, 5.41) is 3.05. The molecule has 4 unspecified atom stereocenters. The first kappa shape index (κ1) is 18.2. The Morgan fingerprint density at radius 2 is 1.87 bits per heavy atom. The molecule has 4 rings (SSSR count). The molecule has 4 nitrogen and oxygen atoms in total. The zero-order chi connectivity index (χ0) is 16.7. The van der Waals surface area contributed by atoms with Crippen molar-refractivity contribution in [3.05, 3.63) is 29.8 Å². The third kappa shape index (κ3) is 7.34. The molecule has 1 aliphatic carbocycles. The summed E-state index contributed by atoms with van der Waals surface area (Å²) in [5.41, 5.74) is 2.47. The van der Waals surface area contributed by atoms with Gasteiger partial charge in [-0.05, 0) is 44.2 Å². The van der Waals surface area contributed by atoms with Crippen LogP contribution in [0.3, 0.4) is 0 Å². The van der Waals surface area contributed by atoms with E-state index in [0.29, 0.717) is 18.3 Å². The maximum atomic E-state index is 5.35. The minimum atomic E-state index is 0.426. The van der Waals surface area contributed by atoms with E-state index in [2.05, 4.69) is 43.4 Å². The molecule has 0 aromatic heterocycles. The zero-order valence-corrected chi connectivity index (χ0v) is 14.9. The fourth-order valence-electron chi connectivity index (χ4n) is 2.67. The lowest BCUT2D eigenvalue weighted by Gasteiger charge is -2.11. The van der Waals surface area contributed by atoms with Crippen LogP contribution in [0.2, 0.25) is 0 Å². The van der Waals surface area contributed by atoms with Gasteiger partial charge in [0.15, 0.2) is 0 Å². The van der Waals surface area contributed by atoms with Crippen LogP contribution in [0.5, 0.6) is 0 Å². The van der Waals surface area contributed by atoms with Crippen molar-refractivity contribution in [3.63, 3.8) is 0 Å². The van der Waals surface area contributed by atoms with Crippen LogP contribution in [-0.2, 0) is 14.2 Å². The lowest BCUT2D eigenvalue weighted by Crippen LogP contribution is -2.09. The fourth-order valence-corrected chi connectivity index (χ4v) is 2.67. The van der Waals surface area contributed by atoms with Crippen molar-refractivity contribution in [2.75, 3.05) is 32.7 Å². The van der Waals surface area contributed by atoms with Gasteiger partial charge >= 0.3 is 0 Å². The summed E-state index contributed by atoms with van der Waals surface area (Å²) in [7, 11) is 3.60. The first-order chi connectivity index (χ1) is 11.1. The molecule has 2 aliphatic heterocycles. The Morgan fingerprint density at radius 1 is 1.17 bits per heavy atom. The van der Waals surface area contributed by atoms with E-state index >= 15 is 0 Å². The molecule has 0 spiro atoms. The van der Waals surface area contributed by atoms with E-state index in [1.807, 2.05) is 7.05 Å². The van der Waals surface area contributed by atoms with Gasteiger partial charge in [0.05, 0.1) is 25.4 Å². The number of anilines is 1. The summed E-state index contributed by atoms with van der Waals surface area (Å²) >= 11 is 0. The van der Waals surface area contributed by atoms with E-state index in [1.165, 1.54) is 30.5 Å². The monoisotopic (exact) mass is 321 g/mol. The summed E-state index contributed by atoms with van der Waals surface area (Å²) < 4.78 is 14.9. The quantitative estimate of drug-likeness (QED) is 0.863. The highest BCUT2D eigenvalue weighted by Crippen LogP contribution is 2.38. The number of nitrogens with one attached hydrogen (secondary N) is 1. The van der Waals surface area contributed by atoms with Gasteiger partial charge in [-0.2, -0.15) is 0 Å². The normalized spacial score (nSPS) is 29.9. The van der Waals surface area contributed by atoms with Crippen molar-refractivity contribution in [2.45, 2.75) is 51.4 Å². The minimum Gasteiger partial charge on any atom is -0.388 e. The number of hydrogen-bond acceptors (Lipinski definition) is 4. The van der Waals surface area contributed by atoms with Crippen molar-refractivity contribution < 1.29 is 14.2 Å². The van der Waals surface area contributed by atoms with Crippen LogP contribution in [0.15, 0.2) is 24.3 Å². The van der Waals surface area contributed by atoms with Gasteiger partial charge in [0.2, 0.25) is 0 Å². The van der Waals surface area contributed by atoms with Gasteiger partial charge in [-0.3, -0.25) is 0 Å². The standard InChI is InChI=1S/C8H11N.C7H12O.C4H8O2/c1-7-3-5-8(9-2)6-4-7;1-5-2-3-6-7(4-5)8-6;1-5-2-4-3-6-4/h3-6,9H,1-2H3;5-7H,2-4H2,1H3;4H,2-3H2,1H3. The summed E-state index contributed by atoms with van der Waals surface area (Å²) in [4.78, 5) is 0. The van der Waals surface area contributed by atoms with Crippen molar-refractivity contribution in [3.8, 4) is 0 Å². The Kier molecular flexibility index (Phi) is 7.34. The smallest absolute Gasteiger partial charge is 0.104 e. The molecule has 130 valence electrons. The van der Waals surface area contributed by atoms with E-state index in [1.54, 1.807) is 7.11 Å². The van der Waals surface area contributed by atoms with Crippen LogP contribution in [0, 0.1) is 12.8 Å². The highest BCUT2D eigenvalue weighted by molar-refractivity contribution is 5.43. The zero-order valence-electron chi connectivity index (χ0n) is 14.9. The lowest BCUT2D eigenvalue weighted by atomic mass is 9.91. The highest BCUT2D eigenvalue weighted by Gasteiger charge is 2.42. The molecular formula is C19H31NO3. The summed E-state index contributed by atoms with van der Waals surface area (Å²) in [6.07, 6.45) is 5.83. The van der Waals surface area contributed by atoms with Gasteiger partial charge in [-0.25, -0.2) is 0 Å². The molecular weight excluding hydrogens is 290 g/mol. The first-order valence-corrected chi connectivity index (χ1v) is 8.62.